The Hall–Kier alpha value is -2.70. The molecule has 0 aliphatic heterocycles. The van der Waals surface area contributed by atoms with Gasteiger partial charge in [-0.15, -0.1) is 10.2 Å². The van der Waals surface area contributed by atoms with Gasteiger partial charge in [0, 0.05) is 17.5 Å². The molecule has 0 spiro atoms. The number of hydrogen-bond donors (Lipinski definition) is 0. The van der Waals surface area contributed by atoms with Crippen molar-refractivity contribution in [2.45, 2.75) is 83.8 Å². The lowest BCUT2D eigenvalue weighted by Gasteiger charge is -2.29. The highest BCUT2D eigenvalue weighted by atomic mass is 32.1. The number of ether oxygens (including phenoxy) is 3. The standard InChI is InChI=1S/C31H40N2O3S/c1-3-5-7-8-9-12-23-34-27-17-13-25(14-18-27)29-32-33-30(37-29)26-15-19-28(20-16-26)36-31(21-10-11-22-31)35-24-6-4-2/h10,13-21H,3-9,11-12,22-24H2,1-2H3/t31-/m1/s1. The van der Waals surface area contributed by atoms with Crippen molar-refractivity contribution in [3.8, 4) is 32.6 Å². The number of allylic oxidation sites excluding steroid dienone is 1. The highest BCUT2D eigenvalue weighted by Gasteiger charge is 2.33. The second-order valence-corrected chi connectivity index (χ2v) is 10.6. The normalized spacial score (nSPS) is 16.8. The SMILES string of the molecule is CCCCCCCCOc1ccc(-c2nnc(-c3ccc(O[C@]4(OCCCC)C=CCC4)cc3)s2)cc1. The van der Waals surface area contributed by atoms with Crippen LogP contribution in [0.1, 0.15) is 78.1 Å². The van der Waals surface area contributed by atoms with E-state index in [4.69, 9.17) is 14.2 Å². The molecule has 6 heteroatoms. The van der Waals surface area contributed by atoms with Gasteiger partial charge in [-0.05, 0) is 73.9 Å². The summed E-state index contributed by atoms with van der Waals surface area (Å²) in [5.74, 6) is 1.07. The first-order valence-electron chi connectivity index (χ1n) is 13.9. The molecule has 37 heavy (non-hydrogen) atoms. The molecule has 1 aliphatic rings. The minimum absolute atomic E-state index is 0.642. The van der Waals surface area contributed by atoms with Crippen molar-refractivity contribution in [2.75, 3.05) is 13.2 Å². The molecule has 4 rings (SSSR count). The highest BCUT2D eigenvalue weighted by Crippen LogP contribution is 2.34. The van der Waals surface area contributed by atoms with E-state index in [9.17, 15) is 0 Å². The number of hydrogen-bond acceptors (Lipinski definition) is 6. The average molecular weight is 521 g/mol. The van der Waals surface area contributed by atoms with E-state index in [0.29, 0.717) is 6.61 Å². The van der Waals surface area contributed by atoms with Gasteiger partial charge in [0.2, 0.25) is 5.79 Å². The van der Waals surface area contributed by atoms with Crippen LogP contribution in [0, 0.1) is 0 Å². The van der Waals surface area contributed by atoms with Crippen LogP contribution in [0.2, 0.25) is 0 Å². The summed E-state index contributed by atoms with van der Waals surface area (Å²) < 4.78 is 18.3. The van der Waals surface area contributed by atoms with Gasteiger partial charge in [0.05, 0.1) is 13.2 Å². The Kier molecular flexibility index (Phi) is 10.6. The van der Waals surface area contributed by atoms with Crippen molar-refractivity contribution < 1.29 is 14.2 Å². The molecule has 0 saturated heterocycles. The summed E-state index contributed by atoms with van der Waals surface area (Å²) in [5.41, 5.74) is 2.08. The number of benzene rings is 2. The first kappa shape index (κ1) is 27.3. The van der Waals surface area contributed by atoms with Gasteiger partial charge in [0.1, 0.15) is 21.5 Å². The van der Waals surface area contributed by atoms with Crippen LogP contribution < -0.4 is 9.47 Å². The topological polar surface area (TPSA) is 53.5 Å². The van der Waals surface area contributed by atoms with Crippen LogP contribution in [0.15, 0.2) is 60.7 Å². The third kappa shape index (κ3) is 8.14. The molecule has 0 unspecified atom stereocenters. The molecule has 3 aromatic rings. The van der Waals surface area contributed by atoms with Crippen LogP contribution in [0.25, 0.3) is 21.1 Å². The summed E-state index contributed by atoms with van der Waals surface area (Å²) in [6, 6.07) is 16.2. The Labute approximate surface area is 225 Å². The van der Waals surface area contributed by atoms with E-state index in [1.807, 2.05) is 36.4 Å². The monoisotopic (exact) mass is 520 g/mol. The Bertz CT molecular complexity index is 1090. The minimum atomic E-state index is -0.642. The fourth-order valence-corrected chi connectivity index (χ4v) is 5.20. The molecular formula is C31H40N2O3S. The third-order valence-corrected chi connectivity index (χ3v) is 7.58. The van der Waals surface area contributed by atoms with Crippen LogP contribution in [0.3, 0.4) is 0 Å². The largest absolute Gasteiger partial charge is 0.494 e. The summed E-state index contributed by atoms with van der Waals surface area (Å²) in [6.07, 6.45) is 15.8. The molecule has 0 fully saturated rings. The molecule has 1 atom stereocenters. The van der Waals surface area contributed by atoms with E-state index in [0.717, 1.165) is 71.4 Å². The molecule has 2 aromatic carbocycles. The summed E-state index contributed by atoms with van der Waals surface area (Å²) in [4.78, 5) is 0. The predicted octanol–water partition coefficient (Wildman–Crippen LogP) is 8.85. The molecule has 1 aromatic heterocycles. The van der Waals surface area contributed by atoms with E-state index in [1.54, 1.807) is 11.3 Å². The fraction of sp³-hybridized carbons (Fsp3) is 0.484. The molecule has 0 N–H and O–H groups in total. The first-order chi connectivity index (χ1) is 18.2. The molecule has 0 radical (unpaired) electrons. The summed E-state index contributed by atoms with van der Waals surface area (Å²) in [5, 5.41) is 10.7. The maximum Gasteiger partial charge on any atom is 0.230 e. The minimum Gasteiger partial charge on any atom is -0.494 e. The van der Waals surface area contributed by atoms with Gasteiger partial charge in [0.25, 0.3) is 0 Å². The molecule has 0 bridgehead atoms. The van der Waals surface area contributed by atoms with Crippen molar-refractivity contribution in [3.63, 3.8) is 0 Å². The van der Waals surface area contributed by atoms with Crippen molar-refractivity contribution >= 4 is 11.3 Å². The van der Waals surface area contributed by atoms with Gasteiger partial charge >= 0.3 is 0 Å². The number of rotatable bonds is 16. The van der Waals surface area contributed by atoms with Crippen LogP contribution in [0.4, 0.5) is 0 Å². The Morgan fingerprint density at radius 2 is 1.35 bits per heavy atom. The van der Waals surface area contributed by atoms with Gasteiger partial charge in [-0.1, -0.05) is 69.8 Å². The van der Waals surface area contributed by atoms with Crippen LogP contribution in [0.5, 0.6) is 11.5 Å². The fourth-order valence-electron chi connectivity index (χ4n) is 4.34. The summed E-state index contributed by atoms with van der Waals surface area (Å²) in [6.45, 7) is 5.90. The zero-order chi connectivity index (χ0) is 25.8. The predicted molar refractivity (Wildman–Crippen MR) is 152 cm³/mol. The lowest BCUT2D eigenvalue weighted by molar-refractivity contribution is -0.146. The van der Waals surface area contributed by atoms with Gasteiger partial charge in [0.15, 0.2) is 0 Å². The summed E-state index contributed by atoms with van der Waals surface area (Å²) in [7, 11) is 0. The maximum atomic E-state index is 6.29. The highest BCUT2D eigenvalue weighted by molar-refractivity contribution is 7.17. The van der Waals surface area contributed by atoms with Crippen molar-refractivity contribution in [1.82, 2.24) is 10.2 Å². The van der Waals surface area contributed by atoms with E-state index < -0.39 is 5.79 Å². The molecule has 5 nitrogen and oxygen atoms in total. The molecule has 0 amide bonds. The van der Waals surface area contributed by atoms with E-state index in [-0.39, 0.29) is 0 Å². The lowest BCUT2D eigenvalue weighted by atomic mass is 10.1. The second kappa shape index (κ2) is 14.3. The van der Waals surface area contributed by atoms with Gasteiger partial charge in [-0.2, -0.15) is 0 Å². The number of aromatic nitrogens is 2. The third-order valence-electron chi connectivity index (χ3n) is 6.56. The maximum absolute atomic E-state index is 6.29. The lowest BCUT2D eigenvalue weighted by Crippen LogP contribution is -2.35. The van der Waals surface area contributed by atoms with Crippen LogP contribution >= 0.6 is 11.3 Å². The van der Waals surface area contributed by atoms with Crippen molar-refractivity contribution in [3.05, 3.63) is 60.7 Å². The van der Waals surface area contributed by atoms with Gasteiger partial charge in [-0.3, -0.25) is 0 Å². The van der Waals surface area contributed by atoms with E-state index in [1.165, 1.54) is 32.1 Å². The molecule has 0 saturated carbocycles. The zero-order valence-corrected chi connectivity index (χ0v) is 23.1. The van der Waals surface area contributed by atoms with Crippen LogP contribution in [-0.2, 0) is 4.74 Å². The molecule has 1 aliphatic carbocycles. The van der Waals surface area contributed by atoms with Crippen LogP contribution in [-0.4, -0.2) is 29.2 Å². The molecule has 1 heterocycles. The smallest absolute Gasteiger partial charge is 0.230 e. The van der Waals surface area contributed by atoms with Gasteiger partial charge < -0.3 is 14.2 Å². The van der Waals surface area contributed by atoms with E-state index >= 15 is 0 Å². The Morgan fingerprint density at radius 1 is 0.730 bits per heavy atom. The van der Waals surface area contributed by atoms with E-state index in [2.05, 4.69) is 48.3 Å². The van der Waals surface area contributed by atoms with Crippen molar-refractivity contribution in [1.29, 1.82) is 0 Å². The molecular weight excluding hydrogens is 480 g/mol. The molecule has 198 valence electrons. The Morgan fingerprint density at radius 3 is 1.97 bits per heavy atom. The second-order valence-electron chi connectivity index (χ2n) is 9.63. The van der Waals surface area contributed by atoms with Crippen molar-refractivity contribution in [2.24, 2.45) is 0 Å². The zero-order valence-electron chi connectivity index (χ0n) is 22.3. The quantitative estimate of drug-likeness (QED) is 0.107. The average Bonchev–Trinajstić information content (AvgIpc) is 3.60. The number of unbranched alkanes of at least 4 members (excludes halogenated alkanes) is 6. The summed E-state index contributed by atoms with van der Waals surface area (Å²) >= 11 is 1.59. The number of nitrogens with zero attached hydrogens (tertiary/aromatic N) is 2. The van der Waals surface area contributed by atoms with Gasteiger partial charge in [-0.25, -0.2) is 0 Å². The Balaban J connectivity index is 1.30. The first-order valence-corrected chi connectivity index (χ1v) is 14.7.